The Morgan fingerprint density at radius 1 is 1.12 bits per heavy atom. The van der Waals surface area contributed by atoms with Gasteiger partial charge in [-0.2, -0.15) is 0 Å². The van der Waals surface area contributed by atoms with Gasteiger partial charge in [0.2, 0.25) is 0 Å². The first-order valence-electron chi connectivity index (χ1n) is 9.41. The van der Waals surface area contributed by atoms with Gasteiger partial charge < -0.3 is 9.64 Å². The molecule has 1 aromatic rings. The van der Waals surface area contributed by atoms with Gasteiger partial charge in [-0.1, -0.05) is 18.6 Å². The monoisotopic (exact) mass is 330 g/mol. The van der Waals surface area contributed by atoms with E-state index in [4.69, 9.17) is 4.74 Å². The summed E-state index contributed by atoms with van der Waals surface area (Å²) in [5, 5.41) is 0. The van der Waals surface area contributed by atoms with E-state index in [9.17, 15) is 4.79 Å². The number of hydrogen-bond acceptors (Lipinski definition) is 3. The van der Waals surface area contributed by atoms with Crippen LogP contribution in [0.3, 0.4) is 0 Å². The molecule has 2 aliphatic heterocycles. The smallest absolute Gasteiger partial charge is 0.253 e. The summed E-state index contributed by atoms with van der Waals surface area (Å²) in [6.07, 6.45) is 7.60. The molecule has 2 aliphatic rings. The molecule has 1 atom stereocenters. The quantitative estimate of drug-likeness (QED) is 0.830. The molecule has 0 N–H and O–H groups in total. The summed E-state index contributed by atoms with van der Waals surface area (Å²) < 4.78 is 5.74. The Kier molecular flexibility index (Phi) is 6.27. The lowest BCUT2D eigenvalue weighted by Crippen LogP contribution is -2.37. The van der Waals surface area contributed by atoms with Gasteiger partial charge >= 0.3 is 0 Å². The normalized spacial score (nSPS) is 22.3. The Labute approximate surface area is 145 Å². The summed E-state index contributed by atoms with van der Waals surface area (Å²) in [6, 6.07) is 8.15. The number of benzene rings is 1. The van der Waals surface area contributed by atoms with Crippen LogP contribution in [0.25, 0.3) is 0 Å². The van der Waals surface area contributed by atoms with Crippen LogP contribution in [0.5, 0.6) is 0 Å². The Morgan fingerprint density at radius 3 is 2.54 bits per heavy atom. The summed E-state index contributed by atoms with van der Waals surface area (Å²) >= 11 is 0. The minimum Gasteiger partial charge on any atom is -0.376 e. The maximum atomic E-state index is 12.6. The first-order valence-corrected chi connectivity index (χ1v) is 9.41. The van der Waals surface area contributed by atoms with Gasteiger partial charge in [0.25, 0.3) is 5.91 Å². The highest BCUT2D eigenvalue weighted by Gasteiger charge is 2.19. The number of nitrogens with zero attached hydrogens (tertiary/aromatic N) is 2. The van der Waals surface area contributed by atoms with Crippen LogP contribution < -0.4 is 0 Å². The van der Waals surface area contributed by atoms with Crippen molar-refractivity contribution >= 4 is 5.91 Å². The van der Waals surface area contributed by atoms with Crippen LogP contribution in [-0.4, -0.2) is 55.1 Å². The zero-order valence-electron chi connectivity index (χ0n) is 14.9. The lowest BCUT2D eigenvalue weighted by atomic mass is 10.1. The third-order valence-electron chi connectivity index (χ3n) is 5.15. The van der Waals surface area contributed by atoms with Crippen molar-refractivity contribution in [3.63, 3.8) is 0 Å². The third-order valence-corrected chi connectivity index (χ3v) is 5.15. The summed E-state index contributed by atoms with van der Waals surface area (Å²) in [4.78, 5) is 16.9. The molecule has 0 aliphatic carbocycles. The zero-order chi connectivity index (χ0) is 16.8. The predicted molar refractivity (Wildman–Crippen MR) is 96.1 cm³/mol. The molecule has 0 unspecified atom stereocenters. The summed E-state index contributed by atoms with van der Waals surface area (Å²) in [6.45, 7) is 4.92. The van der Waals surface area contributed by atoms with Crippen LogP contribution in [0, 0.1) is 0 Å². The summed E-state index contributed by atoms with van der Waals surface area (Å²) in [5.41, 5.74) is 2.07. The number of likely N-dealkylation sites (N-methyl/N-ethyl adjacent to an activating group) is 1. The van der Waals surface area contributed by atoms with Crippen molar-refractivity contribution in [3.8, 4) is 0 Å². The Bertz CT molecular complexity index is 517. The van der Waals surface area contributed by atoms with Crippen molar-refractivity contribution in [1.29, 1.82) is 0 Å². The van der Waals surface area contributed by atoms with Crippen LogP contribution in [0.1, 0.15) is 54.4 Å². The average molecular weight is 330 g/mol. The Balaban J connectivity index is 1.52. The van der Waals surface area contributed by atoms with Crippen molar-refractivity contribution in [3.05, 3.63) is 35.4 Å². The number of amides is 1. The molecule has 0 spiro atoms. The van der Waals surface area contributed by atoms with Crippen LogP contribution in [0.4, 0.5) is 0 Å². The van der Waals surface area contributed by atoms with E-state index in [1.54, 1.807) is 4.90 Å². The van der Waals surface area contributed by atoms with E-state index in [-0.39, 0.29) is 12.0 Å². The van der Waals surface area contributed by atoms with Crippen molar-refractivity contribution in [2.24, 2.45) is 0 Å². The zero-order valence-corrected chi connectivity index (χ0v) is 14.9. The molecule has 3 rings (SSSR count). The van der Waals surface area contributed by atoms with Gasteiger partial charge in [-0.25, -0.2) is 0 Å². The fourth-order valence-electron chi connectivity index (χ4n) is 3.69. The number of carbonyl (C=O) groups excluding carboxylic acids is 1. The van der Waals surface area contributed by atoms with Gasteiger partial charge in [0.05, 0.1) is 6.10 Å². The van der Waals surface area contributed by atoms with E-state index < -0.39 is 0 Å². The van der Waals surface area contributed by atoms with Gasteiger partial charge in [-0.15, -0.1) is 0 Å². The Morgan fingerprint density at radius 2 is 1.88 bits per heavy atom. The molecule has 0 saturated carbocycles. The van der Waals surface area contributed by atoms with E-state index in [0.717, 1.165) is 31.6 Å². The largest absolute Gasteiger partial charge is 0.376 e. The topological polar surface area (TPSA) is 32.8 Å². The number of likely N-dealkylation sites (tertiary alicyclic amines) is 1. The molecular weight excluding hydrogens is 300 g/mol. The molecule has 24 heavy (non-hydrogen) atoms. The van der Waals surface area contributed by atoms with Gasteiger partial charge in [-0.3, -0.25) is 9.69 Å². The minimum atomic E-state index is 0.0914. The highest BCUT2D eigenvalue weighted by atomic mass is 16.5. The number of piperidine rings is 1. The number of ether oxygens (including phenoxy) is 1. The van der Waals surface area contributed by atoms with Crippen LogP contribution in [-0.2, 0) is 11.3 Å². The summed E-state index contributed by atoms with van der Waals surface area (Å²) in [7, 11) is 1.88. The SMILES string of the molecule is CN(C[C@@H]1CCCCO1)C(=O)c1ccc(CN2CCCCC2)cc1. The molecule has 2 heterocycles. The molecule has 0 bridgehead atoms. The molecule has 4 nitrogen and oxygen atoms in total. The number of carbonyl (C=O) groups is 1. The average Bonchev–Trinajstić information content (AvgIpc) is 2.63. The second-order valence-electron chi connectivity index (χ2n) is 7.21. The van der Waals surface area contributed by atoms with E-state index in [1.165, 1.54) is 44.3 Å². The maximum absolute atomic E-state index is 12.6. The van der Waals surface area contributed by atoms with E-state index in [1.807, 2.05) is 19.2 Å². The molecule has 4 heteroatoms. The molecule has 1 amide bonds. The first-order chi connectivity index (χ1) is 11.7. The lowest BCUT2D eigenvalue weighted by molar-refractivity contribution is -0.000187. The summed E-state index contributed by atoms with van der Waals surface area (Å²) in [5.74, 6) is 0.0914. The van der Waals surface area contributed by atoms with E-state index in [0.29, 0.717) is 6.54 Å². The standard InChI is InChI=1S/C20H30N2O2/c1-21(16-19-7-3-6-14-24-19)20(23)18-10-8-17(9-11-18)15-22-12-4-2-5-13-22/h8-11,19H,2-7,12-16H2,1H3/t19-/m0/s1. The predicted octanol–water partition coefficient (Wildman–Crippen LogP) is 3.31. The van der Waals surface area contributed by atoms with Crippen LogP contribution in [0.2, 0.25) is 0 Å². The fourth-order valence-corrected chi connectivity index (χ4v) is 3.69. The molecule has 0 radical (unpaired) electrons. The highest BCUT2D eigenvalue weighted by Crippen LogP contribution is 2.16. The molecule has 2 fully saturated rings. The van der Waals surface area contributed by atoms with Gasteiger partial charge in [-0.05, 0) is 62.9 Å². The number of rotatable bonds is 5. The highest BCUT2D eigenvalue weighted by molar-refractivity contribution is 5.94. The van der Waals surface area contributed by atoms with Crippen molar-refractivity contribution < 1.29 is 9.53 Å². The number of hydrogen-bond donors (Lipinski definition) is 0. The van der Waals surface area contributed by atoms with Crippen molar-refractivity contribution in [1.82, 2.24) is 9.80 Å². The second kappa shape index (κ2) is 8.63. The van der Waals surface area contributed by atoms with Gasteiger partial charge in [0, 0.05) is 32.3 Å². The van der Waals surface area contributed by atoms with Gasteiger partial charge in [0.1, 0.15) is 0 Å². The Hall–Kier alpha value is -1.39. The van der Waals surface area contributed by atoms with E-state index >= 15 is 0 Å². The van der Waals surface area contributed by atoms with Crippen molar-refractivity contribution in [2.45, 2.75) is 51.2 Å². The molecule has 0 aromatic heterocycles. The van der Waals surface area contributed by atoms with E-state index in [2.05, 4.69) is 17.0 Å². The second-order valence-corrected chi connectivity index (χ2v) is 7.21. The van der Waals surface area contributed by atoms with Crippen LogP contribution in [0.15, 0.2) is 24.3 Å². The van der Waals surface area contributed by atoms with Gasteiger partial charge in [0.15, 0.2) is 0 Å². The molecule has 2 saturated heterocycles. The molecular formula is C20H30N2O2. The van der Waals surface area contributed by atoms with Crippen molar-refractivity contribution in [2.75, 3.05) is 33.3 Å². The molecule has 132 valence electrons. The third kappa shape index (κ3) is 4.81. The fraction of sp³-hybridized carbons (Fsp3) is 0.650. The van der Waals surface area contributed by atoms with Crippen LogP contribution >= 0.6 is 0 Å². The maximum Gasteiger partial charge on any atom is 0.253 e. The molecule has 1 aromatic carbocycles. The first kappa shape index (κ1) is 17.4. The lowest BCUT2D eigenvalue weighted by Gasteiger charge is -2.28. The minimum absolute atomic E-state index is 0.0914.